The van der Waals surface area contributed by atoms with Crippen LogP contribution in [-0.2, 0) is 4.79 Å². The first kappa shape index (κ1) is 21.9. The molecule has 4 aliphatic carbocycles. The Hall–Kier alpha value is -0.340. The van der Waals surface area contributed by atoms with Gasteiger partial charge in [-0.05, 0) is 93.1 Å². The van der Waals surface area contributed by atoms with Crippen LogP contribution in [0.4, 0.5) is 0 Å². The molecule has 2 fully saturated rings. The van der Waals surface area contributed by atoms with Gasteiger partial charge in [0.2, 0.25) is 0 Å². The fraction of sp³-hybridized carbons (Fsp3) is 0.739. The second-order valence-corrected chi connectivity index (χ2v) is 12.2. The van der Waals surface area contributed by atoms with Gasteiger partial charge in [-0.2, -0.15) is 0 Å². The fourth-order valence-electron chi connectivity index (χ4n) is 7.54. The van der Waals surface area contributed by atoms with E-state index in [2.05, 4.69) is 54.1 Å². The van der Waals surface area contributed by atoms with Crippen molar-refractivity contribution in [1.82, 2.24) is 5.01 Å². The number of amidine groups is 1. The van der Waals surface area contributed by atoms with E-state index in [1.165, 1.54) is 40.2 Å². The lowest BCUT2D eigenvalue weighted by atomic mass is 9.48. The predicted molar refractivity (Wildman–Crippen MR) is 130 cm³/mol. The van der Waals surface area contributed by atoms with E-state index in [1.54, 1.807) is 5.01 Å². The molecule has 6 heteroatoms. The maximum atomic E-state index is 12.0. The summed E-state index contributed by atoms with van der Waals surface area (Å²) in [6.07, 6.45) is 13.5. The van der Waals surface area contributed by atoms with Crippen molar-refractivity contribution in [3.8, 4) is 0 Å². The first-order valence-electron chi connectivity index (χ1n) is 11.0. The number of carbonyl (C=O) groups excluding carboxylic acids is 1. The number of rotatable bonds is 3. The Morgan fingerprint density at radius 1 is 1.34 bits per heavy atom. The average Bonchev–Trinajstić information content (AvgIpc) is 3.05. The molecule has 3 N–H and O–H groups in total. The summed E-state index contributed by atoms with van der Waals surface area (Å²) in [5.74, 6) is 9.65. The van der Waals surface area contributed by atoms with E-state index in [0.717, 1.165) is 18.9 Å². The third-order valence-electron chi connectivity index (χ3n) is 9.09. The number of hydrogen-bond acceptors (Lipinski definition) is 4. The summed E-state index contributed by atoms with van der Waals surface area (Å²) in [4.78, 5) is 12.0. The predicted octanol–water partition coefficient (Wildman–Crippen LogP) is 5.74. The van der Waals surface area contributed by atoms with E-state index < -0.39 is 0 Å². The SMILES string of the molecule is C[C@H](CN(N)C(=N)SI)C1CCC2C3C=CC4=CC(=O)CCC4(C)C3CCC21C. The first-order valence-corrected chi connectivity index (χ1v) is 14.4. The van der Waals surface area contributed by atoms with Gasteiger partial charge in [0.05, 0.1) is 0 Å². The van der Waals surface area contributed by atoms with Crippen molar-refractivity contribution in [3.63, 3.8) is 0 Å². The quantitative estimate of drug-likeness (QED) is 0.162. The van der Waals surface area contributed by atoms with Gasteiger partial charge in [-0.3, -0.25) is 15.2 Å². The van der Waals surface area contributed by atoms with Crippen LogP contribution in [-0.4, -0.2) is 22.5 Å². The summed E-state index contributed by atoms with van der Waals surface area (Å²) in [6, 6.07) is 0. The molecule has 4 nitrogen and oxygen atoms in total. The highest BCUT2D eigenvalue weighted by molar-refractivity contribution is 14.2. The number of nitrogens with zero attached hydrogens (tertiary/aromatic N) is 1. The molecule has 0 radical (unpaired) electrons. The average molecular weight is 528 g/mol. The molecule has 0 heterocycles. The molecule has 6 unspecified atom stereocenters. The molecule has 2 saturated carbocycles. The molecule has 0 aliphatic heterocycles. The van der Waals surface area contributed by atoms with Gasteiger partial charge in [0.25, 0.3) is 0 Å². The lowest BCUT2D eigenvalue weighted by molar-refractivity contribution is -0.116. The topological polar surface area (TPSA) is 70.2 Å². The smallest absolute Gasteiger partial charge is 0.181 e. The van der Waals surface area contributed by atoms with Crippen LogP contribution >= 0.6 is 30.1 Å². The minimum Gasteiger partial charge on any atom is -0.295 e. The molecule has 29 heavy (non-hydrogen) atoms. The third-order valence-corrected chi connectivity index (χ3v) is 10.7. The van der Waals surface area contributed by atoms with E-state index in [1.807, 2.05) is 6.08 Å². The van der Waals surface area contributed by atoms with Crippen molar-refractivity contribution in [2.75, 3.05) is 6.54 Å². The van der Waals surface area contributed by atoms with E-state index in [0.29, 0.717) is 46.5 Å². The van der Waals surface area contributed by atoms with Crippen LogP contribution in [0.25, 0.3) is 0 Å². The minimum absolute atomic E-state index is 0.180. The molecule has 0 bridgehead atoms. The second kappa shape index (κ2) is 7.97. The van der Waals surface area contributed by atoms with E-state index in [-0.39, 0.29) is 5.41 Å². The van der Waals surface area contributed by atoms with Crippen LogP contribution in [0.3, 0.4) is 0 Å². The van der Waals surface area contributed by atoms with E-state index >= 15 is 0 Å². The molecule has 160 valence electrons. The number of hydrazine groups is 1. The van der Waals surface area contributed by atoms with Gasteiger partial charge in [-0.15, -0.1) is 0 Å². The number of hydrogen-bond donors (Lipinski definition) is 2. The lowest BCUT2D eigenvalue weighted by Gasteiger charge is -2.56. The van der Waals surface area contributed by atoms with Gasteiger partial charge in [0.15, 0.2) is 11.0 Å². The molecule has 0 saturated heterocycles. The van der Waals surface area contributed by atoms with Crippen molar-refractivity contribution in [3.05, 3.63) is 23.8 Å². The highest BCUT2D eigenvalue weighted by Crippen LogP contribution is 2.66. The summed E-state index contributed by atoms with van der Waals surface area (Å²) in [5, 5.41) is 10.1. The maximum Gasteiger partial charge on any atom is 0.181 e. The number of ketones is 1. The Morgan fingerprint density at radius 2 is 2.10 bits per heavy atom. The van der Waals surface area contributed by atoms with Crippen molar-refractivity contribution < 1.29 is 4.79 Å². The van der Waals surface area contributed by atoms with E-state index in [4.69, 9.17) is 11.3 Å². The summed E-state index contributed by atoms with van der Waals surface area (Å²) < 4.78 is 0. The second-order valence-electron chi connectivity index (χ2n) is 10.4. The van der Waals surface area contributed by atoms with Crippen LogP contribution < -0.4 is 5.84 Å². The Morgan fingerprint density at radius 3 is 2.83 bits per heavy atom. The van der Waals surface area contributed by atoms with E-state index in [9.17, 15) is 4.79 Å². The number of allylic oxidation sites excluding steroid dienone is 4. The Bertz CT molecular complexity index is 767. The van der Waals surface area contributed by atoms with Gasteiger partial charge >= 0.3 is 0 Å². The number of nitrogens with one attached hydrogen (secondary N) is 1. The normalized spacial score (nSPS) is 41.8. The molecular weight excluding hydrogens is 493 g/mol. The standard InChI is InChI=1S/C23H34IN3OS/c1-14(13-27(26)21(25)29-24)18-6-7-19-17-5-4-15-12-16(28)8-10-22(15,2)20(17)9-11-23(18,19)3/h4-5,12,14,17-20,25H,6-11,13,26H2,1-3H3/t14-,17?,18?,19?,20?,22?,23?/m1/s1. The molecule has 0 aromatic heterocycles. The zero-order chi connectivity index (χ0) is 21.0. The van der Waals surface area contributed by atoms with Crippen LogP contribution in [0, 0.1) is 45.8 Å². The number of halogens is 1. The van der Waals surface area contributed by atoms with Gasteiger partial charge in [-0.25, -0.2) is 5.84 Å². The maximum absolute atomic E-state index is 12.0. The fourth-order valence-corrected chi connectivity index (χ4v) is 8.46. The van der Waals surface area contributed by atoms with Crippen LogP contribution in [0.15, 0.2) is 23.8 Å². The Labute approximate surface area is 191 Å². The summed E-state index contributed by atoms with van der Waals surface area (Å²) >= 11 is 2.13. The van der Waals surface area contributed by atoms with Gasteiger partial charge in [0.1, 0.15) is 0 Å². The zero-order valence-electron chi connectivity index (χ0n) is 17.8. The molecule has 4 rings (SSSR count). The number of carbonyl (C=O) groups is 1. The highest BCUT2D eigenvalue weighted by Gasteiger charge is 2.58. The third kappa shape index (κ3) is 3.55. The van der Waals surface area contributed by atoms with Crippen LogP contribution in [0.2, 0.25) is 0 Å². The van der Waals surface area contributed by atoms with Crippen LogP contribution in [0.1, 0.15) is 59.3 Å². The van der Waals surface area contributed by atoms with Gasteiger partial charge in [-0.1, -0.05) is 32.9 Å². The summed E-state index contributed by atoms with van der Waals surface area (Å²) in [6.45, 7) is 8.05. The molecule has 0 aromatic rings. The van der Waals surface area contributed by atoms with Crippen molar-refractivity contribution in [2.24, 2.45) is 46.3 Å². The number of nitrogens with two attached hydrogens (primary N) is 1. The lowest BCUT2D eigenvalue weighted by Crippen LogP contribution is -2.50. The molecule has 0 spiro atoms. The Kier molecular flexibility index (Phi) is 6.01. The van der Waals surface area contributed by atoms with Crippen molar-refractivity contribution in [2.45, 2.75) is 59.3 Å². The largest absolute Gasteiger partial charge is 0.295 e. The minimum atomic E-state index is 0.180. The first-order chi connectivity index (χ1) is 13.7. The summed E-state index contributed by atoms with van der Waals surface area (Å²) in [5.41, 5.74) is 1.82. The van der Waals surface area contributed by atoms with Crippen LogP contribution in [0.5, 0.6) is 0 Å². The van der Waals surface area contributed by atoms with Crippen molar-refractivity contribution >= 4 is 41.1 Å². The molecule has 0 aromatic carbocycles. The van der Waals surface area contributed by atoms with Gasteiger partial charge in [0, 0.05) is 34.2 Å². The van der Waals surface area contributed by atoms with Gasteiger partial charge < -0.3 is 0 Å². The Balaban J connectivity index is 1.56. The zero-order valence-corrected chi connectivity index (χ0v) is 20.8. The molecule has 0 amide bonds. The number of fused-ring (bicyclic) bond motifs is 5. The molecular formula is C23H34IN3OS. The van der Waals surface area contributed by atoms with Crippen molar-refractivity contribution in [1.29, 1.82) is 5.41 Å². The monoisotopic (exact) mass is 527 g/mol. The highest BCUT2D eigenvalue weighted by atomic mass is 127. The summed E-state index contributed by atoms with van der Waals surface area (Å²) in [7, 11) is 1.38. The molecule has 7 atom stereocenters. The molecule has 4 aliphatic rings.